The summed E-state index contributed by atoms with van der Waals surface area (Å²) in [6, 6.07) is 4.73. The van der Waals surface area contributed by atoms with Crippen LogP contribution in [0, 0.1) is 0 Å². The molecule has 0 spiro atoms. The summed E-state index contributed by atoms with van der Waals surface area (Å²) in [6.07, 6.45) is 11.0. The zero-order chi connectivity index (χ0) is 12.6. The number of aryl methyl sites for hydroxylation is 1. The Morgan fingerprint density at radius 1 is 1.17 bits per heavy atom. The first kappa shape index (κ1) is 12.0. The second-order valence-corrected chi connectivity index (χ2v) is 6.00. The van der Waals surface area contributed by atoms with Gasteiger partial charge in [0.15, 0.2) is 0 Å². The van der Waals surface area contributed by atoms with Crippen molar-refractivity contribution < 1.29 is 0 Å². The molecule has 2 aliphatic rings. The standard InChI is InChI=1S/C17H24N/c1-3-4-7-14-10-11-15-8-5-12-18(2)13-6-9-16(14)17(15)18/h4,7,10-11H,3,5-6,8-9,12-13H2,1-2H3/q+1/b7-4+. The molecule has 0 radical (unpaired) electrons. The minimum atomic E-state index is 1.13. The lowest BCUT2D eigenvalue weighted by Gasteiger charge is -2.43. The van der Waals surface area contributed by atoms with Crippen molar-refractivity contribution in [3.8, 4) is 0 Å². The van der Waals surface area contributed by atoms with Gasteiger partial charge >= 0.3 is 0 Å². The molecule has 2 aliphatic heterocycles. The van der Waals surface area contributed by atoms with Crippen LogP contribution >= 0.6 is 0 Å². The number of rotatable bonds is 2. The van der Waals surface area contributed by atoms with E-state index in [0.29, 0.717) is 0 Å². The Hall–Kier alpha value is -1.08. The van der Waals surface area contributed by atoms with Crippen LogP contribution in [0.1, 0.15) is 42.9 Å². The van der Waals surface area contributed by atoms with E-state index in [1.807, 2.05) is 0 Å². The average molecular weight is 242 g/mol. The van der Waals surface area contributed by atoms with Gasteiger partial charge in [-0.05, 0) is 24.8 Å². The van der Waals surface area contributed by atoms with E-state index < -0.39 is 0 Å². The fourth-order valence-corrected chi connectivity index (χ4v) is 3.80. The van der Waals surface area contributed by atoms with Crippen LogP contribution in [0.4, 0.5) is 5.69 Å². The van der Waals surface area contributed by atoms with Gasteiger partial charge in [0.05, 0.1) is 20.1 Å². The number of allylic oxidation sites excluding steroid dienone is 1. The quantitative estimate of drug-likeness (QED) is 0.689. The van der Waals surface area contributed by atoms with Gasteiger partial charge in [-0.15, -0.1) is 0 Å². The number of hydrogen-bond donors (Lipinski definition) is 0. The van der Waals surface area contributed by atoms with Gasteiger partial charge in [-0.3, -0.25) is 4.48 Å². The normalized spacial score (nSPS) is 26.3. The molecule has 0 N–H and O–H groups in total. The molecule has 0 saturated heterocycles. The molecule has 1 heteroatoms. The molecule has 0 bridgehead atoms. The maximum Gasteiger partial charge on any atom is 0.139 e. The molecule has 18 heavy (non-hydrogen) atoms. The van der Waals surface area contributed by atoms with Crippen molar-refractivity contribution in [2.24, 2.45) is 0 Å². The van der Waals surface area contributed by atoms with Crippen LogP contribution in [0.25, 0.3) is 6.08 Å². The maximum absolute atomic E-state index is 2.44. The number of hydrogen-bond acceptors (Lipinski definition) is 0. The molecule has 3 rings (SSSR count). The minimum Gasteiger partial charge on any atom is -0.293 e. The van der Waals surface area contributed by atoms with Crippen LogP contribution < -0.4 is 4.48 Å². The van der Waals surface area contributed by atoms with Gasteiger partial charge in [-0.2, -0.15) is 0 Å². The van der Waals surface area contributed by atoms with E-state index in [9.17, 15) is 0 Å². The highest BCUT2D eigenvalue weighted by molar-refractivity contribution is 5.69. The van der Waals surface area contributed by atoms with Gasteiger partial charge in [0.2, 0.25) is 0 Å². The number of nitrogens with zero attached hydrogens (tertiary/aromatic N) is 1. The van der Waals surface area contributed by atoms with E-state index in [-0.39, 0.29) is 0 Å². The Labute approximate surface area is 111 Å². The molecule has 1 nitrogen and oxygen atoms in total. The van der Waals surface area contributed by atoms with Crippen LogP contribution in [0.2, 0.25) is 0 Å². The molecule has 1 aromatic rings. The Kier molecular flexibility index (Phi) is 3.03. The molecule has 0 fully saturated rings. The minimum absolute atomic E-state index is 1.13. The van der Waals surface area contributed by atoms with Crippen molar-refractivity contribution in [3.05, 3.63) is 34.9 Å². The summed E-state index contributed by atoms with van der Waals surface area (Å²) in [5.74, 6) is 0. The molecule has 0 amide bonds. The van der Waals surface area contributed by atoms with Crippen molar-refractivity contribution in [1.29, 1.82) is 0 Å². The van der Waals surface area contributed by atoms with Gasteiger partial charge < -0.3 is 0 Å². The summed E-state index contributed by atoms with van der Waals surface area (Å²) in [5.41, 5.74) is 6.41. The van der Waals surface area contributed by atoms with E-state index >= 15 is 0 Å². The fourth-order valence-electron chi connectivity index (χ4n) is 3.80. The first-order valence-corrected chi connectivity index (χ1v) is 7.41. The number of benzene rings is 1. The van der Waals surface area contributed by atoms with Gasteiger partial charge in [0.25, 0.3) is 0 Å². The summed E-state index contributed by atoms with van der Waals surface area (Å²) in [5, 5.41) is 0. The van der Waals surface area contributed by atoms with Gasteiger partial charge in [0.1, 0.15) is 5.69 Å². The van der Waals surface area contributed by atoms with Gasteiger partial charge in [-0.1, -0.05) is 31.2 Å². The van der Waals surface area contributed by atoms with E-state index in [2.05, 4.69) is 38.3 Å². The van der Waals surface area contributed by atoms with Crippen LogP contribution in [-0.4, -0.2) is 20.1 Å². The third-order valence-electron chi connectivity index (χ3n) is 4.65. The van der Waals surface area contributed by atoms with E-state index in [1.165, 1.54) is 48.8 Å². The largest absolute Gasteiger partial charge is 0.293 e. The topological polar surface area (TPSA) is 0 Å². The predicted molar refractivity (Wildman–Crippen MR) is 79.9 cm³/mol. The summed E-state index contributed by atoms with van der Waals surface area (Å²) >= 11 is 0. The van der Waals surface area contributed by atoms with Crippen molar-refractivity contribution in [1.82, 2.24) is 4.48 Å². The first-order valence-electron chi connectivity index (χ1n) is 7.41. The zero-order valence-corrected chi connectivity index (χ0v) is 11.7. The Balaban J connectivity index is 2.16. The predicted octanol–water partition coefficient (Wildman–Crippen LogP) is 3.94. The summed E-state index contributed by atoms with van der Waals surface area (Å²) in [4.78, 5) is 0. The molecule has 1 atom stereocenters. The molecular weight excluding hydrogens is 218 g/mol. The van der Waals surface area contributed by atoms with E-state index in [1.54, 1.807) is 16.8 Å². The Morgan fingerprint density at radius 2 is 1.94 bits per heavy atom. The second kappa shape index (κ2) is 4.55. The van der Waals surface area contributed by atoms with Gasteiger partial charge in [0, 0.05) is 24.0 Å². The lowest BCUT2D eigenvalue weighted by molar-refractivity contribution is 0.288. The molecule has 0 aliphatic carbocycles. The third-order valence-corrected chi connectivity index (χ3v) is 4.65. The molecule has 1 unspecified atom stereocenters. The van der Waals surface area contributed by atoms with E-state index in [4.69, 9.17) is 0 Å². The lowest BCUT2D eigenvalue weighted by atomic mass is 9.87. The van der Waals surface area contributed by atoms with E-state index in [0.717, 1.165) is 6.42 Å². The Morgan fingerprint density at radius 3 is 2.72 bits per heavy atom. The van der Waals surface area contributed by atoms with Crippen LogP contribution in [-0.2, 0) is 12.8 Å². The number of quaternary nitrogens is 1. The van der Waals surface area contributed by atoms with Gasteiger partial charge in [-0.25, -0.2) is 0 Å². The van der Waals surface area contributed by atoms with Crippen LogP contribution in [0.15, 0.2) is 18.2 Å². The third kappa shape index (κ3) is 1.81. The van der Waals surface area contributed by atoms with Crippen molar-refractivity contribution in [3.63, 3.8) is 0 Å². The second-order valence-electron chi connectivity index (χ2n) is 6.00. The maximum atomic E-state index is 2.44. The first-order chi connectivity index (χ1) is 8.74. The molecule has 1 aromatic carbocycles. The Bertz CT molecular complexity index is 483. The highest BCUT2D eigenvalue weighted by Gasteiger charge is 2.37. The van der Waals surface area contributed by atoms with Crippen molar-refractivity contribution in [2.45, 2.75) is 39.0 Å². The average Bonchev–Trinajstić information content (AvgIpc) is 2.38. The van der Waals surface area contributed by atoms with Crippen molar-refractivity contribution in [2.75, 3.05) is 20.1 Å². The highest BCUT2D eigenvalue weighted by atomic mass is 15.3. The van der Waals surface area contributed by atoms with Crippen LogP contribution in [0.5, 0.6) is 0 Å². The SMILES string of the molecule is CC/C=C/c1ccc2c3c1CCC[N+]3(C)CCC2. The zero-order valence-electron chi connectivity index (χ0n) is 11.7. The smallest absolute Gasteiger partial charge is 0.139 e. The monoisotopic (exact) mass is 242 g/mol. The molecular formula is C17H24N+. The van der Waals surface area contributed by atoms with Crippen LogP contribution in [0.3, 0.4) is 0 Å². The molecule has 96 valence electrons. The summed E-state index contributed by atoms with van der Waals surface area (Å²) < 4.78 is 1.19. The fraction of sp³-hybridized carbons (Fsp3) is 0.529. The molecule has 0 aromatic heterocycles. The molecule has 0 saturated carbocycles. The molecule has 2 heterocycles. The lowest BCUT2D eigenvalue weighted by Crippen LogP contribution is -2.52. The highest BCUT2D eigenvalue weighted by Crippen LogP contribution is 2.41. The summed E-state index contributed by atoms with van der Waals surface area (Å²) in [7, 11) is 2.44. The summed E-state index contributed by atoms with van der Waals surface area (Å²) in [6.45, 7) is 4.88. The van der Waals surface area contributed by atoms with Crippen molar-refractivity contribution >= 4 is 11.8 Å².